The molecule has 1 aromatic heterocycles. The van der Waals surface area contributed by atoms with Gasteiger partial charge in [0, 0.05) is 29.2 Å². The minimum atomic E-state index is -0.194. The molecule has 1 fully saturated rings. The third-order valence-corrected chi connectivity index (χ3v) is 3.84. The summed E-state index contributed by atoms with van der Waals surface area (Å²) in [7, 11) is 0. The number of halogens is 2. The van der Waals surface area contributed by atoms with E-state index in [2.05, 4.69) is 9.88 Å². The van der Waals surface area contributed by atoms with Crippen molar-refractivity contribution in [2.75, 3.05) is 13.1 Å². The van der Waals surface area contributed by atoms with E-state index in [1.54, 1.807) is 12.3 Å². The van der Waals surface area contributed by atoms with Crippen molar-refractivity contribution in [3.8, 4) is 0 Å². The van der Waals surface area contributed by atoms with E-state index < -0.39 is 0 Å². The second kappa shape index (κ2) is 5.87. The molecule has 2 rings (SSSR count). The van der Waals surface area contributed by atoms with E-state index in [-0.39, 0.29) is 11.8 Å². The summed E-state index contributed by atoms with van der Waals surface area (Å²) >= 11 is 11.9. The van der Waals surface area contributed by atoms with Crippen molar-refractivity contribution in [2.24, 2.45) is 11.7 Å². The van der Waals surface area contributed by atoms with Gasteiger partial charge >= 0.3 is 0 Å². The first-order chi connectivity index (χ1) is 8.56. The lowest BCUT2D eigenvalue weighted by Crippen LogP contribution is -2.38. The van der Waals surface area contributed by atoms with Gasteiger partial charge in [-0.2, -0.15) is 0 Å². The number of carbonyl (C=O) groups is 1. The number of primary amides is 1. The molecule has 98 valence electrons. The third kappa shape index (κ3) is 3.34. The van der Waals surface area contributed by atoms with Gasteiger partial charge in [0.25, 0.3) is 0 Å². The summed E-state index contributed by atoms with van der Waals surface area (Å²) in [5.74, 6) is -0.180. The molecule has 0 atom stereocenters. The molecule has 1 saturated heterocycles. The van der Waals surface area contributed by atoms with Crippen LogP contribution in [-0.4, -0.2) is 28.9 Å². The van der Waals surface area contributed by atoms with Gasteiger partial charge in [0.2, 0.25) is 5.91 Å². The average molecular weight is 288 g/mol. The highest BCUT2D eigenvalue weighted by Gasteiger charge is 2.23. The number of nitrogens with two attached hydrogens (primary N) is 1. The van der Waals surface area contributed by atoms with Crippen LogP contribution in [0.2, 0.25) is 10.2 Å². The fourth-order valence-electron chi connectivity index (χ4n) is 2.17. The lowest BCUT2D eigenvalue weighted by Gasteiger charge is -2.30. The summed E-state index contributed by atoms with van der Waals surface area (Å²) in [5, 5.41) is 1.03. The van der Waals surface area contributed by atoms with E-state index in [1.807, 2.05) is 0 Å². The number of amides is 1. The van der Waals surface area contributed by atoms with E-state index in [4.69, 9.17) is 28.9 Å². The molecule has 0 spiro atoms. The number of pyridine rings is 1. The number of hydrogen-bond donors (Lipinski definition) is 1. The van der Waals surface area contributed by atoms with Crippen LogP contribution >= 0.6 is 23.2 Å². The number of nitrogens with zero attached hydrogens (tertiary/aromatic N) is 2. The maximum Gasteiger partial charge on any atom is 0.220 e. The molecule has 0 saturated carbocycles. The second-order valence-corrected chi connectivity index (χ2v) is 5.35. The number of likely N-dealkylation sites (tertiary alicyclic amines) is 1. The van der Waals surface area contributed by atoms with Crippen LogP contribution in [-0.2, 0) is 11.3 Å². The number of aromatic nitrogens is 1. The molecule has 0 aromatic carbocycles. The van der Waals surface area contributed by atoms with Crippen molar-refractivity contribution >= 4 is 29.1 Å². The molecule has 0 aliphatic carbocycles. The molecular weight excluding hydrogens is 273 g/mol. The first-order valence-electron chi connectivity index (χ1n) is 5.88. The zero-order valence-corrected chi connectivity index (χ0v) is 11.4. The smallest absolute Gasteiger partial charge is 0.220 e. The Kier molecular flexibility index (Phi) is 4.43. The quantitative estimate of drug-likeness (QED) is 0.866. The zero-order chi connectivity index (χ0) is 13.1. The SMILES string of the molecule is NC(=O)C1CCN(Cc2cnc(Cl)cc2Cl)CC1. The van der Waals surface area contributed by atoms with Crippen molar-refractivity contribution in [3.05, 3.63) is 28.0 Å². The van der Waals surface area contributed by atoms with E-state index in [0.29, 0.717) is 10.2 Å². The average Bonchev–Trinajstić information content (AvgIpc) is 2.33. The minimum Gasteiger partial charge on any atom is -0.369 e. The van der Waals surface area contributed by atoms with Crippen molar-refractivity contribution in [1.29, 1.82) is 0 Å². The van der Waals surface area contributed by atoms with Crippen LogP contribution in [0.25, 0.3) is 0 Å². The molecule has 0 bridgehead atoms. The standard InChI is InChI=1S/C12H15Cl2N3O/c13-10-5-11(14)16-6-9(10)7-17-3-1-8(2-4-17)12(15)18/h5-6,8H,1-4,7H2,(H2,15,18). The highest BCUT2D eigenvalue weighted by atomic mass is 35.5. The summed E-state index contributed by atoms with van der Waals surface area (Å²) in [6.45, 7) is 2.44. The number of carbonyl (C=O) groups excluding carboxylic acids is 1. The van der Waals surface area contributed by atoms with E-state index in [0.717, 1.165) is 38.0 Å². The normalized spacial score (nSPS) is 17.9. The molecule has 18 heavy (non-hydrogen) atoms. The van der Waals surface area contributed by atoms with E-state index in [1.165, 1.54) is 0 Å². The first-order valence-corrected chi connectivity index (χ1v) is 6.63. The number of hydrogen-bond acceptors (Lipinski definition) is 3. The molecule has 2 N–H and O–H groups in total. The molecule has 0 unspecified atom stereocenters. The monoisotopic (exact) mass is 287 g/mol. The van der Waals surface area contributed by atoms with Gasteiger partial charge in [0.15, 0.2) is 0 Å². The summed E-state index contributed by atoms with van der Waals surface area (Å²) in [6, 6.07) is 1.65. The lowest BCUT2D eigenvalue weighted by atomic mass is 9.96. The number of piperidine rings is 1. The van der Waals surface area contributed by atoms with Gasteiger partial charge in [0.05, 0.1) is 0 Å². The summed E-state index contributed by atoms with van der Waals surface area (Å²) < 4.78 is 0. The van der Waals surface area contributed by atoms with Crippen LogP contribution in [0.4, 0.5) is 0 Å². The Morgan fingerprint density at radius 2 is 2.11 bits per heavy atom. The molecule has 1 aliphatic heterocycles. The van der Waals surface area contributed by atoms with Crippen molar-refractivity contribution in [2.45, 2.75) is 19.4 Å². The zero-order valence-electron chi connectivity index (χ0n) is 9.90. The van der Waals surface area contributed by atoms with E-state index in [9.17, 15) is 4.79 Å². The molecule has 4 nitrogen and oxygen atoms in total. The highest BCUT2D eigenvalue weighted by molar-refractivity contribution is 6.34. The molecule has 6 heteroatoms. The Morgan fingerprint density at radius 1 is 1.44 bits per heavy atom. The lowest BCUT2D eigenvalue weighted by molar-refractivity contribution is -0.123. The summed E-state index contributed by atoms with van der Waals surface area (Å²) in [5.41, 5.74) is 6.26. The Hall–Kier alpha value is -0.840. The molecular formula is C12H15Cl2N3O. The fourth-order valence-corrected chi connectivity index (χ4v) is 2.59. The van der Waals surface area contributed by atoms with Crippen LogP contribution in [0.5, 0.6) is 0 Å². The van der Waals surface area contributed by atoms with E-state index >= 15 is 0 Å². The van der Waals surface area contributed by atoms with Crippen LogP contribution in [0.1, 0.15) is 18.4 Å². The van der Waals surface area contributed by atoms with Gasteiger partial charge < -0.3 is 5.73 Å². The van der Waals surface area contributed by atoms with Crippen LogP contribution in [0, 0.1) is 5.92 Å². The van der Waals surface area contributed by atoms with Crippen LogP contribution in [0.3, 0.4) is 0 Å². The largest absolute Gasteiger partial charge is 0.369 e. The Labute approximate surface area is 116 Å². The Bertz CT molecular complexity index is 445. The topological polar surface area (TPSA) is 59.2 Å². The maximum absolute atomic E-state index is 11.1. The molecule has 1 amide bonds. The van der Waals surface area contributed by atoms with Crippen molar-refractivity contribution < 1.29 is 4.79 Å². The summed E-state index contributed by atoms with van der Waals surface area (Å²) in [4.78, 5) is 17.3. The minimum absolute atomic E-state index is 0.0139. The molecule has 1 aromatic rings. The summed E-state index contributed by atoms with van der Waals surface area (Å²) in [6.07, 6.45) is 3.33. The first kappa shape index (κ1) is 13.6. The predicted octanol–water partition coefficient (Wildman–Crippen LogP) is 2.09. The second-order valence-electron chi connectivity index (χ2n) is 4.55. The molecule has 2 heterocycles. The van der Waals surface area contributed by atoms with Crippen molar-refractivity contribution in [3.63, 3.8) is 0 Å². The van der Waals surface area contributed by atoms with Crippen molar-refractivity contribution in [1.82, 2.24) is 9.88 Å². The Balaban J connectivity index is 1.93. The Morgan fingerprint density at radius 3 is 2.67 bits per heavy atom. The van der Waals surface area contributed by atoms with Gasteiger partial charge in [-0.25, -0.2) is 4.98 Å². The van der Waals surface area contributed by atoms with Crippen LogP contribution in [0.15, 0.2) is 12.3 Å². The van der Waals surface area contributed by atoms with Gasteiger partial charge in [-0.05, 0) is 32.0 Å². The van der Waals surface area contributed by atoms with Gasteiger partial charge in [-0.15, -0.1) is 0 Å². The van der Waals surface area contributed by atoms with Gasteiger partial charge in [-0.1, -0.05) is 23.2 Å². The maximum atomic E-state index is 11.1. The van der Waals surface area contributed by atoms with Gasteiger partial charge in [0.1, 0.15) is 5.15 Å². The number of rotatable bonds is 3. The molecule has 0 radical (unpaired) electrons. The fraction of sp³-hybridized carbons (Fsp3) is 0.500. The predicted molar refractivity (Wildman–Crippen MR) is 71.5 cm³/mol. The van der Waals surface area contributed by atoms with Crippen LogP contribution < -0.4 is 5.73 Å². The van der Waals surface area contributed by atoms with Gasteiger partial charge in [-0.3, -0.25) is 9.69 Å². The third-order valence-electron chi connectivity index (χ3n) is 3.28. The molecule has 1 aliphatic rings. The highest BCUT2D eigenvalue weighted by Crippen LogP contribution is 2.23.